The largest absolute Gasteiger partial charge is 0.347 e. The second kappa shape index (κ2) is 5.01. The van der Waals surface area contributed by atoms with Crippen molar-refractivity contribution in [3.05, 3.63) is 34.1 Å². The molecular formula is C11H16BrN5. The average Bonchev–Trinajstić information content (AvgIpc) is 2.92. The van der Waals surface area contributed by atoms with Gasteiger partial charge in [-0.25, -0.2) is 4.98 Å². The van der Waals surface area contributed by atoms with Crippen molar-refractivity contribution >= 4 is 15.9 Å². The van der Waals surface area contributed by atoms with Crippen molar-refractivity contribution in [1.82, 2.24) is 19.7 Å². The molecular weight excluding hydrogens is 282 g/mol. The van der Waals surface area contributed by atoms with E-state index in [4.69, 9.17) is 5.73 Å². The molecule has 0 bridgehead atoms. The Morgan fingerprint density at radius 2 is 2.35 bits per heavy atom. The molecule has 0 amide bonds. The number of hydrogen-bond acceptors (Lipinski definition) is 3. The van der Waals surface area contributed by atoms with Gasteiger partial charge in [0, 0.05) is 25.4 Å². The van der Waals surface area contributed by atoms with Crippen LogP contribution in [-0.4, -0.2) is 19.7 Å². The van der Waals surface area contributed by atoms with E-state index in [0.717, 1.165) is 28.2 Å². The monoisotopic (exact) mass is 297 g/mol. The number of nitrogens with one attached hydrogen (secondary N) is 1. The molecule has 0 fully saturated rings. The molecule has 6 heteroatoms. The number of rotatable bonds is 4. The predicted molar refractivity (Wildman–Crippen MR) is 69.6 cm³/mol. The molecule has 2 aromatic heterocycles. The van der Waals surface area contributed by atoms with Crippen LogP contribution >= 0.6 is 15.9 Å². The molecule has 0 aliphatic carbocycles. The van der Waals surface area contributed by atoms with E-state index in [-0.39, 0.29) is 6.04 Å². The van der Waals surface area contributed by atoms with Gasteiger partial charge in [-0.1, -0.05) is 0 Å². The number of aromatic amines is 1. The molecule has 3 N–H and O–H groups in total. The normalized spacial score (nSPS) is 12.9. The fourth-order valence-corrected chi connectivity index (χ4v) is 2.30. The van der Waals surface area contributed by atoms with Crippen molar-refractivity contribution in [1.29, 1.82) is 0 Å². The second-order valence-corrected chi connectivity index (χ2v) is 4.74. The highest BCUT2D eigenvalue weighted by molar-refractivity contribution is 9.10. The molecule has 92 valence electrons. The highest BCUT2D eigenvalue weighted by Crippen LogP contribution is 2.24. The third kappa shape index (κ3) is 2.42. The summed E-state index contributed by atoms with van der Waals surface area (Å²) < 4.78 is 3.02. The first-order chi connectivity index (χ1) is 8.13. The van der Waals surface area contributed by atoms with E-state index in [9.17, 15) is 0 Å². The number of nitrogens with zero attached hydrogens (tertiary/aromatic N) is 3. The first kappa shape index (κ1) is 12.3. The van der Waals surface area contributed by atoms with Gasteiger partial charge in [0.15, 0.2) is 0 Å². The van der Waals surface area contributed by atoms with Gasteiger partial charge in [0.2, 0.25) is 0 Å². The molecule has 0 aromatic carbocycles. The zero-order valence-corrected chi connectivity index (χ0v) is 11.5. The summed E-state index contributed by atoms with van der Waals surface area (Å²) in [6.45, 7) is 4.89. The SMILES string of the molecule is CCn1nc(C)c(Br)c1CC(N)c1ncc[nH]1. The first-order valence-electron chi connectivity index (χ1n) is 5.60. The minimum absolute atomic E-state index is 0.136. The number of halogens is 1. The molecule has 2 heterocycles. The van der Waals surface area contributed by atoms with Gasteiger partial charge in [0.1, 0.15) is 5.82 Å². The summed E-state index contributed by atoms with van der Waals surface area (Å²) in [6, 6.07) is -0.136. The Morgan fingerprint density at radius 3 is 2.94 bits per heavy atom. The third-order valence-corrected chi connectivity index (χ3v) is 3.77. The summed E-state index contributed by atoms with van der Waals surface area (Å²) in [4.78, 5) is 7.22. The molecule has 0 saturated carbocycles. The zero-order chi connectivity index (χ0) is 12.4. The molecule has 0 saturated heterocycles. The van der Waals surface area contributed by atoms with Crippen LogP contribution in [0.25, 0.3) is 0 Å². The van der Waals surface area contributed by atoms with Gasteiger partial charge in [-0.15, -0.1) is 0 Å². The Morgan fingerprint density at radius 1 is 1.59 bits per heavy atom. The quantitative estimate of drug-likeness (QED) is 0.906. The van der Waals surface area contributed by atoms with Crippen LogP contribution in [0.4, 0.5) is 0 Å². The number of nitrogens with two attached hydrogens (primary N) is 1. The van der Waals surface area contributed by atoms with Gasteiger partial charge in [-0.2, -0.15) is 5.10 Å². The first-order valence-corrected chi connectivity index (χ1v) is 6.39. The molecule has 0 radical (unpaired) electrons. The summed E-state index contributed by atoms with van der Waals surface area (Å²) in [5, 5.41) is 4.45. The number of aryl methyl sites for hydroxylation is 2. The van der Waals surface area contributed by atoms with Gasteiger partial charge in [-0.05, 0) is 29.8 Å². The lowest BCUT2D eigenvalue weighted by Crippen LogP contribution is -2.17. The van der Waals surface area contributed by atoms with Crippen LogP contribution < -0.4 is 5.73 Å². The van der Waals surface area contributed by atoms with E-state index in [2.05, 4.69) is 37.9 Å². The van der Waals surface area contributed by atoms with E-state index in [1.54, 1.807) is 12.4 Å². The van der Waals surface area contributed by atoms with Crippen molar-refractivity contribution in [3.63, 3.8) is 0 Å². The molecule has 0 aliphatic heterocycles. The smallest absolute Gasteiger partial charge is 0.123 e. The van der Waals surface area contributed by atoms with Crippen LogP contribution in [0.2, 0.25) is 0 Å². The van der Waals surface area contributed by atoms with Gasteiger partial charge >= 0.3 is 0 Å². The zero-order valence-electron chi connectivity index (χ0n) is 9.94. The van der Waals surface area contributed by atoms with Crippen LogP contribution in [0, 0.1) is 6.92 Å². The molecule has 17 heavy (non-hydrogen) atoms. The molecule has 5 nitrogen and oxygen atoms in total. The van der Waals surface area contributed by atoms with Gasteiger partial charge in [0.25, 0.3) is 0 Å². The Balaban J connectivity index is 2.24. The second-order valence-electron chi connectivity index (χ2n) is 3.95. The summed E-state index contributed by atoms with van der Waals surface area (Å²) >= 11 is 3.56. The topological polar surface area (TPSA) is 72.5 Å². The molecule has 1 unspecified atom stereocenters. The standard InChI is InChI=1S/C11H16BrN5/c1-3-17-9(10(12)7(2)16-17)6-8(13)11-14-4-5-15-11/h4-5,8H,3,6,13H2,1-2H3,(H,14,15). The van der Waals surface area contributed by atoms with Crippen molar-refractivity contribution in [2.45, 2.75) is 32.9 Å². The minimum Gasteiger partial charge on any atom is -0.347 e. The van der Waals surface area contributed by atoms with Crippen molar-refractivity contribution in [3.8, 4) is 0 Å². The van der Waals surface area contributed by atoms with E-state index in [1.165, 1.54) is 0 Å². The Bertz CT molecular complexity index is 488. The van der Waals surface area contributed by atoms with Crippen LogP contribution in [0.1, 0.15) is 30.2 Å². The average molecular weight is 298 g/mol. The van der Waals surface area contributed by atoms with E-state index >= 15 is 0 Å². The lowest BCUT2D eigenvalue weighted by Gasteiger charge is -2.10. The number of aromatic nitrogens is 4. The summed E-state index contributed by atoms with van der Waals surface area (Å²) in [5.41, 5.74) is 8.23. The highest BCUT2D eigenvalue weighted by atomic mass is 79.9. The number of hydrogen-bond donors (Lipinski definition) is 2. The van der Waals surface area contributed by atoms with Crippen molar-refractivity contribution < 1.29 is 0 Å². The Hall–Kier alpha value is -1.14. The third-order valence-electron chi connectivity index (χ3n) is 2.74. The summed E-state index contributed by atoms with van der Waals surface area (Å²) in [7, 11) is 0. The molecule has 0 aliphatic rings. The Labute approximate surface area is 109 Å². The van der Waals surface area contributed by atoms with Crippen LogP contribution in [0.15, 0.2) is 16.9 Å². The van der Waals surface area contributed by atoms with Crippen LogP contribution in [0.3, 0.4) is 0 Å². The molecule has 0 spiro atoms. The fraction of sp³-hybridized carbons (Fsp3) is 0.455. The van der Waals surface area contributed by atoms with Gasteiger partial charge < -0.3 is 10.7 Å². The summed E-state index contributed by atoms with van der Waals surface area (Å²) in [5.74, 6) is 0.804. The van der Waals surface area contributed by atoms with Crippen molar-refractivity contribution in [2.75, 3.05) is 0 Å². The molecule has 1 atom stereocenters. The van der Waals surface area contributed by atoms with Crippen LogP contribution in [0.5, 0.6) is 0 Å². The van der Waals surface area contributed by atoms with E-state index < -0.39 is 0 Å². The highest BCUT2D eigenvalue weighted by Gasteiger charge is 2.17. The number of H-pyrrole nitrogens is 1. The number of imidazole rings is 1. The van der Waals surface area contributed by atoms with Crippen LogP contribution in [-0.2, 0) is 13.0 Å². The maximum atomic E-state index is 6.12. The summed E-state index contributed by atoms with van der Waals surface area (Å²) in [6.07, 6.45) is 4.21. The maximum absolute atomic E-state index is 6.12. The fourth-order valence-electron chi connectivity index (χ4n) is 1.85. The van der Waals surface area contributed by atoms with E-state index in [0.29, 0.717) is 6.42 Å². The minimum atomic E-state index is -0.136. The van der Waals surface area contributed by atoms with Gasteiger partial charge in [-0.3, -0.25) is 4.68 Å². The maximum Gasteiger partial charge on any atom is 0.123 e. The van der Waals surface area contributed by atoms with Crippen molar-refractivity contribution in [2.24, 2.45) is 5.73 Å². The van der Waals surface area contributed by atoms with E-state index in [1.807, 2.05) is 11.6 Å². The van der Waals surface area contributed by atoms with Gasteiger partial charge in [0.05, 0.1) is 21.9 Å². The molecule has 2 aromatic rings. The lowest BCUT2D eigenvalue weighted by molar-refractivity contribution is 0.576. The Kier molecular flexibility index (Phi) is 3.63. The lowest BCUT2D eigenvalue weighted by atomic mass is 10.1. The molecule has 2 rings (SSSR count). The predicted octanol–water partition coefficient (Wildman–Crippen LogP) is 1.94.